The molecule has 0 atom stereocenters. The van der Waals surface area contributed by atoms with Crippen molar-refractivity contribution >= 4 is 17.9 Å². The van der Waals surface area contributed by atoms with Crippen molar-refractivity contribution < 1.29 is 18.7 Å². The number of nitrogens with one attached hydrogen (secondary N) is 1. The third-order valence-corrected chi connectivity index (χ3v) is 4.84. The van der Waals surface area contributed by atoms with E-state index in [1.54, 1.807) is 24.4 Å². The summed E-state index contributed by atoms with van der Waals surface area (Å²) in [5.74, 6) is -0.161. The Balaban J connectivity index is 1.47. The average molecular weight is 448 g/mol. The van der Waals surface area contributed by atoms with Gasteiger partial charge in [0, 0.05) is 25.4 Å². The van der Waals surface area contributed by atoms with Gasteiger partial charge in [0.15, 0.2) is 0 Å². The van der Waals surface area contributed by atoms with Crippen molar-refractivity contribution in [3.8, 4) is 5.75 Å². The van der Waals surface area contributed by atoms with Gasteiger partial charge in [-0.2, -0.15) is 0 Å². The number of rotatable bonds is 10. The smallest absolute Gasteiger partial charge is 0.247 e. The molecule has 1 heterocycles. The summed E-state index contributed by atoms with van der Waals surface area (Å²) in [5.41, 5.74) is 2.46. The van der Waals surface area contributed by atoms with Crippen LogP contribution in [0.5, 0.6) is 5.75 Å². The summed E-state index contributed by atoms with van der Waals surface area (Å²) in [6, 6.07) is 18.9. The number of hydrogen-bond donors (Lipinski definition) is 1. The largest absolute Gasteiger partial charge is 0.487 e. The predicted octanol–water partition coefficient (Wildman–Crippen LogP) is 3.98. The van der Waals surface area contributed by atoms with Gasteiger partial charge in [0.2, 0.25) is 11.8 Å². The Hall–Kier alpha value is -4.00. The van der Waals surface area contributed by atoms with Crippen LogP contribution in [0.25, 0.3) is 6.08 Å². The fourth-order valence-electron chi connectivity index (χ4n) is 2.97. The zero-order valence-corrected chi connectivity index (χ0v) is 18.4. The minimum atomic E-state index is -0.328. The van der Waals surface area contributed by atoms with E-state index in [0.29, 0.717) is 18.9 Å². The van der Waals surface area contributed by atoms with E-state index >= 15 is 0 Å². The Labute approximate surface area is 192 Å². The molecule has 0 fully saturated rings. The molecule has 0 unspecified atom stereocenters. The van der Waals surface area contributed by atoms with Gasteiger partial charge in [0.25, 0.3) is 0 Å². The summed E-state index contributed by atoms with van der Waals surface area (Å²) >= 11 is 0. The van der Waals surface area contributed by atoms with Crippen molar-refractivity contribution in [1.29, 1.82) is 0 Å². The molecule has 1 aromatic heterocycles. The number of benzene rings is 2. The zero-order chi connectivity index (χ0) is 23.5. The van der Waals surface area contributed by atoms with E-state index in [-0.39, 0.29) is 30.7 Å². The Kier molecular flexibility index (Phi) is 8.71. The highest BCUT2D eigenvalue weighted by atomic mass is 19.1. The molecule has 0 spiro atoms. The second-order valence-corrected chi connectivity index (χ2v) is 7.27. The Morgan fingerprint density at radius 2 is 1.82 bits per heavy atom. The number of halogens is 1. The SMILES string of the molecule is CCN(CC(=O)NCc1ccc(F)cc1)C(=O)/C=C/c1ccc(OCc2ccccn2)cc1. The van der Waals surface area contributed by atoms with Gasteiger partial charge in [-0.25, -0.2) is 4.39 Å². The lowest BCUT2D eigenvalue weighted by Crippen LogP contribution is -2.39. The molecule has 0 saturated carbocycles. The quantitative estimate of drug-likeness (QED) is 0.478. The van der Waals surface area contributed by atoms with Crippen molar-refractivity contribution in [2.75, 3.05) is 13.1 Å². The number of ether oxygens (including phenoxy) is 1. The number of nitrogens with zero attached hydrogens (tertiary/aromatic N) is 2. The molecule has 170 valence electrons. The molecule has 33 heavy (non-hydrogen) atoms. The number of hydrogen-bond acceptors (Lipinski definition) is 4. The summed E-state index contributed by atoms with van der Waals surface area (Å²) < 4.78 is 18.7. The van der Waals surface area contributed by atoms with Crippen molar-refractivity contribution in [3.05, 3.63) is 102 Å². The van der Waals surface area contributed by atoms with Gasteiger partial charge >= 0.3 is 0 Å². The molecular formula is C26H26FN3O3. The summed E-state index contributed by atoms with van der Waals surface area (Å²) in [5, 5.41) is 2.74. The molecule has 0 bridgehead atoms. The van der Waals surface area contributed by atoms with E-state index in [4.69, 9.17) is 4.74 Å². The van der Waals surface area contributed by atoms with E-state index in [0.717, 1.165) is 16.8 Å². The number of amides is 2. The maximum atomic E-state index is 13.0. The van der Waals surface area contributed by atoms with Gasteiger partial charge in [0.1, 0.15) is 18.2 Å². The summed E-state index contributed by atoms with van der Waals surface area (Å²) in [6.45, 7) is 2.81. The molecule has 3 aromatic rings. The topological polar surface area (TPSA) is 71.5 Å². The normalized spacial score (nSPS) is 10.7. The molecule has 0 radical (unpaired) electrons. The van der Waals surface area contributed by atoms with Gasteiger partial charge in [-0.15, -0.1) is 0 Å². The second-order valence-electron chi connectivity index (χ2n) is 7.27. The fraction of sp³-hybridized carbons (Fsp3) is 0.192. The van der Waals surface area contributed by atoms with Crippen LogP contribution >= 0.6 is 0 Å². The maximum absolute atomic E-state index is 13.0. The summed E-state index contributed by atoms with van der Waals surface area (Å²) in [6.07, 6.45) is 4.86. The second kappa shape index (κ2) is 12.1. The highest BCUT2D eigenvalue weighted by Gasteiger charge is 2.13. The van der Waals surface area contributed by atoms with Gasteiger partial charge in [0.05, 0.1) is 12.2 Å². The number of carbonyl (C=O) groups is 2. The molecule has 0 aliphatic rings. The van der Waals surface area contributed by atoms with E-state index in [1.165, 1.54) is 23.1 Å². The van der Waals surface area contributed by atoms with Gasteiger partial charge < -0.3 is 15.0 Å². The molecule has 3 rings (SSSR count). The third kappa shape index (κ3) is 7.88. The Bertz CT molecular complexity index is 1070. The molecular weight excluding hydrogens is 421 g/mol. The third-order valence-electron chi connectivity index (χ3n) is 4.84. The van der Waals surface area contributed by atoms with Crippen LogP contribution in [0.4, 0.5) is 4.39 Å². The van der Waals surface area contributed by atoms with Crippen LogP contribution in [-0.2, 0) is 22.7 Å². The lowest BCUT2D eigenvalue weighted by molar-refractivity contribution is -0.132. The molecule has 0 aliphatic heterocycles. The van der Waals surface area contributed by atoms with Crippen LogP contribution in [0.15, 0.2) is 79.0 Å². The number of likely N-dealkylation sites (N-methyl/N-ethyl adjacent to an activating group) is 1. The van der Waals surface area contributed by atoms with E-state index in [2.05, 4.69) is 10.3 Å². The van der Waals surface area contributed by atoms with Gasteiger partial charge in [-0.1, -0.05) is 30.3 Å². The summed E-state index contributed by atoms with van der Waals surface area (Å²) in [4.78, 5) is 30.4. The first-order valence-corrected chi connectivity index (χ1v) is 10.6. The molecule has 6 nitrogen and oxygen atoms in total. The van der Waals surface area contributed by atoms with Crippen molar-refractivity contribution in [2.45, 2.75) is 20.1 Å². The first-order valence-electron chi connectivity index (χ1n) is 10.6. The van der Waals surface area contributed by atoms with Crippen LogP contribution in [-0.4, -0.2) is 34.8 Å². The highest BCUT2D eigenvalue weighted by Crippen LogP contribution is 2.15. The van der Waals surface area contributed by atoms with Crippen molar-refractivity contribution in [3.63, 3.8) is 0 Å². The van der Waals surface area contributed by atoms with E-state index < -0.39 is 0 Å². The first kappa shape index (κ1) is 23.7. The van der Waals surface area contributed by atoms with Crippen molar-refractivity contribution in [1.82, 2.24) is 15.2 Å². The van der Waals surface area contributed by atoms with Crippen LogP contribution < -0.4 is 10.1 Å². The molecule has 2 amide bonds. The summed E-state index contributed by atoms with van der Waals surface area (Å²) in [7, 11) is 0. The lowest BCUT2D eigenvalue weighted by Gasteiger charge is -2.18. The van der Waals surface area contributed by atoms with Crippen LogP contribution in [0, 0.1) is 5.82 Å². The molecule has 7 heteroatoms. The highest BCUT2D eigenvalue weighted by molar-refractivity contribution is 5.94. The first-order chi connectivity index (χ1) is 16.0. The van der Waals surface area contributed by atoms with Crippen LogP contribution in [0.2, 0.25) is 0 Å². The van der Waals surface area contributed by atoms with Gasteiger partial charge in [-0.05, 0) is 60.5 Å². The zero-order valence-electron chi connectivity index (χ0n) is 18.4. The number of pyridine rings is 1. The number of aromatic nitrogens is 1. The monoisotopic (exact) mass is 447 g/mol. The average Bonchev–Trinajstić information content (AvgIpc) is 2.85. The minimum Gasteiger partial charge on any atom is -0.487 e. The van der Waals surface area contributed by atoms with Crippen LogP contribution in [0.3, 0.4) is 0 Å². The lowest BCUT2D eigenvalue weighted by atomic mass is 10.2. The van der Waals surface area contributed by atoms with Crippen LogP contribution in [0.1, 0.15) is 23.7 Å². The number of carbonyl (C=O) groups excluding carboxylic acids is 2. The molecule has 1 N–H and O–H groups in total. The maximum Gasteiger partial charge on any atom is 0.247 e. The molecule has 2 aromatic carbocycles. The Morgan fingerprint density at radius 1 is 1.06 bits per heavy atom. The van der Waals surface area contributed by atoms with E-state index in [1.807, 2.05) is 49.4 Å². The van der Waals surface area contributed by atoms with E-state index in [9.17, 15) is 14.0 Å². The van der Waals surface area contributed by atoms with Gasteiger partial charge in [-0.3, -0.25) is 14.6 Å². The molecule has 0 aliphatic carbocycles. The Morgan fingerprint density at radius 3 is 2.48 bits per heavy atom. The fourth-order valence-corrected chi connectivity index (χ4v) is 2.97. The minimum absolute atomic E-state index is 0.0544. The predicted molar refractivity (Wildman–Crippen MR) is 125 cm³/mol. The van der Waals surface area contributed by atoms with Crippen molar-refractivity contribution in [2.24, 2.45) is 0 Å². The molecule has 0 saturated heterocycles. The standard InChI is InChI=1S/C26H26FN3O3/c1-2-30(18-25(31)29-17-21-6-11-22(27)12-7-21)26(32)15-10-20-8-13-24(14-9-20)33-19-23-5-3-4-16-28-23/h3-16H,2,17-19H2,1H3,(H,29,31)/b15-10+.